The van der Waals surface area contributed by atoms with Gasteiger partial charge in [-0.3, -0.25) is 18.7 Å². The molecule has 1 fully saturated rings. The van der Waals surface area contributed by atoms with E-state index in [1.165, 1.54) is 21.4 Å². The maximum Gasteiger partial charge on any atom is 0.333 e. The van der Waals surface area contributed by atoms with Crippen LogP contribution in [0.15, 0.2) is 46.1 Å². The SMILES string of the molecule is COc1ccc(Cn2c(=O)ccn([C@@H]3O[C@H](C[C@H](N)C(=O)OC(C)(C)C)[C@@H](O[Si](C)(C)C(C)(C)C)[C@H]3O[Si](C)(C)C(C)(C)C)c2=O)cc1. The second kappa shape index (κ2) is 14.4. The number of aromatic nitrogens is 2. The van der Waals surface area contributed by atoms with Crippen molar-refractivity contribution in [1.82, 2.24) is 9.13 Å². The fourth-order valence-corrected chi connectivity index (χ4v) is 7.54. The van der Waals surface area contributed by atoms with Gasteiger partial charge in [-0.15, -0.1) is 0 Å². The van der Waals surface area contributed by atoms with Crippen molar-refractivity contribution in [2.45, 2.75) is 148 Å². The van der Waals surface area contributed by atoms with Crippen molar-refractivity contribution in [2.24, 2.45) is 5.73 Å². The minimum atomic E-state index is -2.51. The van der Waals surface area contributed by atoms with Gasteiger partial charge in [0.25, 0.3) is 5.56 Å². The first kappa shape index (κ1) is 39.9. The van der Waals surface area contributed by atoms with Crippen LogP contribution in [0.3, 0.4) is 0 Å². The van der Waals surface area contributed by atoms with E-state index in [0.717, 1.165) is 5.56 Å². The first-order valence-electron chi connectivity index (χ1n) is 16.7. The molecule has 0 amide bonds. The van der Waals surface area contributed by atoms with Gasteiger partial charge in [0.05, 0.1) is 19.8 Å². The average Bonchev–Trinajstić information content (AvgIpc) is 3.23. The van der Waals surface area contributed by atoms with E-state index in [-0.39, 0.29) is 23.0 Å². The highest BCUT2D eigenvalue weighted by molar-refractivity contribution is 6.74. The molecule has 1 saturated heterocycles. The predicted molar refractivity (Wildman–Crippen MR) is 194 cm³/mol. The minimum absolute atomic E-state index is 0.0554. The normalized spacial score (nSPS) is 21.6. The topological polar surface area (TPSA) is 133 Å². The first-order valence-corrected chi connectivity index (χ1v) is 22.5. The molecular weight excluding hydrogens is 647 g/mol. The number of hydrogen-bond donors (Lipinski definition) is 1. The largest absolute Gasteiger partial charge is 0.497 e. The fraction of sp³-hybridized carbons (Fsp3) is 0.686. The van der Waals surface area contributed by atoms with Crippen LogP contribution in [-0.2, 0) is 29.7 Å². The van der Waals surface area contributed by atoms with E-state index in [1.807, 2.05) is 12.1 Å². The van der Waals surface area contributed by atoms with Crippen molar-refractivity contribution < 1.29 is 27.9 Å². The molecule has 0 aliphatic carbocycles. The van der Waals surface area contributed by atoms with E-state index in [9.17, 15) is 14.4 Å². The molecule has 2 N–H and O–H groups in total. The molecule has 0 radical (unpaired) electrons. The van der Waals surface area contributed by atoms with Gasteiger partial charge in [-0.25, -0.2) is 4.79 Å². The lowest BCUT2D eigenvalue weighted by Gasteiger charge is -2.44. The molecule has 13 heteroatoms. The van der Waals surface area contributed by atoms with Gasteiger partial charge in [0.1, 0.15) is 29.6 Å². The second-order valence-electron chi connectivity index (χ2n) is 16.9. The van der Waals surface area contributed by atoms with Gasteiger partial charge in [-0.05, 0) is 74.7 Å². The number of esters is 1. The molecule has 0 unspecified atom stereocenters. The lowest BCUT2D eigenvalue weighted by Crippen LogP contribution is -2.54. The average molecular weight is 706 g/mol. The quantitative estimate of drug-likeness (QED) is 0.227. The van der Waals surface area contributed by atoms with E-state index in [4.69, 9.17) is 28.8 Å². The van der Waals surface area contributed by atoms with Crippen molar-refractivity contribution in [3.63, 3.8) is 0 Å². The summed E-state index contributed by atoms with van der Waals surface area (Å²) < 4.78 is 34.4. The lowest BCUT2D eigenvalue weighted by atomic mass is 10.0. The number of methoxy groups -OCH3 is 1. The number of carbonyl (C=O) groups is 1. The number of hydrogen-bond acceptors (Lipinski definition) is 9. The van der Waals surface area contributed by atoms with Crippen molar-refractivity contribution in [2.75, 3.05) is 7.11 Å². The molecule has 1 aromatic carbocycles. The highest BCUT2D eigenvalue weighted by Gasteiger charge is 2.55. The first-order chi connectivity index (χ1) is 21.8. The van der Waals surface area contributed by atoms with Gasteiger partial charge in [0.15, 0.2) is 22.9 Å². The van der Waals surface area contributed by atoms with Crippen molar-refractivity contribution in [3.05, 3.63) is 62.9 Å². The van der Waals surface area contributed by atoms with Crippen LogP contribution < -0.4 is 21.7 Å². The van der Waals surface area contributed by atoms with Gasteiger partial charge in [0.2, 0.25) is 0 Å². The Morgan fingerprint density at radius 3 is 1.88 bits per heavy atom. The lowest BCUT2D eigenvalue weighted by molar-refractivity contribution is -0.157. The number of nitrogens with zero attached hydrogens (tertiary/aromatic N) is 2. The van der Waals surface area contributed by atoms with E-state index >= 15 is 0 Å². The zero-order chi connectivity index (χ0) is 36.6. The number of rotatable bonds is 11. The second-order valence-corrected chi connectivity index (χ2v) is 26.4. The molecule has 1 aliphatic heterocycles. The molecule has 1 aromatic heterocycles. The summed E-state index contributed by atoms with van der Waals surface area (Å²) in [5.41, 5.74) is 5.52. The zero-order valence-electron chi connectivity index (χ0n) is 31.5. The Kier molecular flexibility index (Phi) is 11.9. The molecule has 270 valence electrons. The van der Waals surface area contributed by atoms with Crippen molar-refractivity contribution in [3.8, 4) is 5.75 Å². The van der Waals surface area contributed by atoms with Crippen LogP contribution in [0.1, 0.15) is 80.5 Å². The molecule has 0 spiro atoms. The van der Waals surface area contributed by atoms with Gasteiger partial charge < -0.3 is 28.8 Å². The summed E-state index contributed by atoms with van der Waals surface area (Å²) >= 11 is 0. The van der Waals surface area contributed by atoms with Crippen LogP contribution >= 0.6 is 0 Å². The standard InChI is InChI=1S/C35H59N3O8Si2/c1-33(2,3)44-31(40)25(36)21-26-28(45-47(11,12)34(4,5)6)29(46-48(13,14)35(7,8)9)30(43-26)37-20-19-27(39)38(32(37)41)22-23-15-17-24(42-10)18-16-23/h15-20,25-26,28-30H,21-22,36H2,1-14H3/t25-,26+,28+,29+,30+/m0/s1. The molecular formula is C35H59N3O8Si2. The molecule has 11 nitrogen and oxygen atoms in total. The molecule has 0 bridgehead atoms. The summed E-state index contributed by atoms with van der Waals surface area (Å²) in [7, 11) is -3.40. The van der Waals surface area contributed by atoms with Crippen LogP contribution in [0.2, 0.25) is 36.3 Å². The molecule has 2 heterocycles. The maximum atomic E-state index is 14.2. The summed E-state index contributed by atoms with van der Waals surface area (Å²) in [4.78, 5) is 40.4. The summed E-state index contributed by atoms with van der Waals surface area (Å²) in [5.74, 6) is 0.123. The third-order valence-electron chi connectivity index (χ3n) is 9.82. The summed E-state index contributed by atoms with van der Waals surface area (Å²) in [6.45, 7) is 26.9. The van der Waals surface area contributed by atoms with Crippen LogP contribution in [-0.4, -0.2) is 68.8 Å². The Morgan fingerprint density at radius 2 is 1.40 bits per heavy atom. The smallest absolute Gasteiger partial charge is 0.333 e. The third-order valence-corrected chi connectivity index (χ3v) is 18.8. The van der Waals surface area contributed by atoms with Gasteiger partial charge in [-0.1, -0.05) is 53.7 Å². The summed E-state index contributed by atoms with van der Waals surface area (Å²) in [6, 6.07) is 7.55. The Balaban J connectivity index is 2.18. The Bertz CT molecular complexity index is 1530. The van der Waals surface area contributed by atoms with Crippen LogP contribution in [0.5, 0.6) is 5.75 Å². The number of nitrogens with two attached hydrogens (primary N) is 1. The molecule has 0 saturated carbocycles. The van der Waals surface area contributed by atoms with Crippen molar-refractivity contribution in [1.29, 1.82) is 0 Å². The maximum absolute atomic E-state index is 14.2. The fourth-order valence-electron chi connectivity index (χ4n) is 4.93. The summed E-state index contributed by atoms with van der Waals surface area (Å²) in [5, 5.41) is -0.338. The van der Waals surface area contributed by atoms with E-state index in [1.54, 1.807) is 40.0 Å². The molecule has 48 heavy (non-hydrogen) atoms. The number of benzene rings is 1. The molecule has 2 aromatic rings. The molecule has 1 aliphatic rings. The summed E-state index contributed by atoms with van der Waals surface area (Å²) in [6.07, 6.45) is -1.52. The van der Waals surface area contributed by atoms with Gasteiger partial charge in [-0.2, -0.15) is 0 Å². The van der Waals surface area contributed by atoms with Crippen molar-refractivity contribution >= 4 is 22.6 Å². The third kappa shape index (κ3) is 9.36. The monoisotopic (exact) mass is 705 g/mol. The molecule has 5 atom stereocenters. The molecule has 3 rings (SSSR count). The van der Waals surface area contributed by atoms with Gasteiger partial charge >= 0.3 is 11.7 Å². The predicted octanol–water partition coefficient (Wildman–Crippen LogP) is 5.80. The van der Waals surface area contributed by atoms with Crippen LogP contribution in [0, 0.1) is 0 Å². The highest BCUT2D eigenvalue weighted by atomic mass is 28.4. The van der Waals surface area contributed by atoms with Gasteiger partial charge in [0, 0.05) is 18.7 Å². The number of carbonyl (C=O) groups excluding carboxylic acids is 1. The zero-order valence-corrected chi connectivity index (χ0v) is 33.5. The van der Waals surface area contributed by atoms with Crippen LogP contribution in [0.4, 0.5) is 0 Å². The Hall–Kier alpha value is -2.56. The van der Waals surface area contributed by atoms with E-state index < -0.39 is 70.0 Å². The Morgan fingerprint density at radius 1 is 0.875 bits per heavy atom. The van der Waals surface area contributed by atoms with E-state index in [0.29, 0.717) is 5.75 Å². The minimum Gasteiger partial charge on any atom is -0.497 e. The highest BCUT2D eigenvalue weighted by Crippen LogP contribution is 2.46. The van der Waals surface area contributed by atoms with Crippen LogP contribution in [0.25, 0.3) is 0 Å². The van der Waals surface area contributed by atoms with E-state index in [2.05, 4.69) is 67.7 Å². The Labute approximate surface area is 288 Å². The number of ether oxygens (including phenoxy) is 3.